The number of carbonyl (C=O) groups excluding carboxylic acids is 1. The zero-order valence-electron chi connectivity index (χ0n) is 18.8. The van der Waals surface area contributed by atoms with Crippen LogP contribution in [0.4, 0.5) is 5.69 Å². The Morgan fingerprint density at radius 2 is 2.06 bits per heavy atom. The van der Waals surface area contributed by atoms with E-state index in [1.165, 1.54) is 6.33 Å². The number of anilines is 1. The fourth-order valence-electron chi connectivity index (χ4n) is 4.43. The highest BCUT2D eigenvalue weighted by Gasteiger charge is 2.29. The number of nitrogens with zero attached hydrogens (tertiary/aromatic N) is 7. The molecule has 0 radical (unpaired) electrons. The number of aromatic amines is 1. The summed E-state index contributed by atoms with van der Waals surface area (Å²) in [6, 6.07) is 6.12. The van der Waals surface area contributed by atoms with Crippen LogP contribution in [0.5, 0.6) is 0 Å². The first-order valence-electron chi connectivity index (χ1n) is 10.9. The van der Waals surface area contributed by atoms with E-state index in [0.717, 1.165) is 40.4 Å². The van der Waals surface area contributed by atoms with Crippen LogP contribution in [0, 0.1) is 13.8 Å². The molecule has 0 aliphatic carbocycles. The molecule has 4 aromatic rings. The first-order valence-corrected chi connectivity index (χ1v) is 11.3. The van der Waals surface area contributed by atoms with Gasteiger partial charge < -0.3 is 14.8 Å². The SMILES string of the molecule is Cc1cc(N2CCN(C(=O)Cn3nc(-c4ncc[nH]4)c4c(C)ncnc43)[C@@H](C)C2)ccc1Cl. The number of halogens is 1. The van der Waals surface area contributed by atoms with Gasteiger partial charge in [-0.25, -0.2) is 19.6 Å². The first-order chi connectivity index (χ1) is 15.9. The van der Waals surface area contributed by atoms with Crippen LogP contribution in [0.25, 0.3) is 22.6 Å². The molecular formula is C23H25ClN8O. The van der Waals surface area contributed by atoms with Crippen molar-refractivity contribution in [3.05, 3.63) is 53.2 Å². The third kappa shape index (κ3) is 3.93. The van der Waals surface area contributed by atoms with Crippen LogP contribution >= 0.6 is 11.6 Å². The number of imidazole rings is 1. The zero-order chi connectivity index (χ0) is 23.1. The van der Waals surface area contributed by atoms with Gasteiger partial charge in [-0.15, -0.1) is 0 Å². The number of fused-ring (bicyclic) bond motifs is 1. The minimum atomic E-state index is 0.0149. The molecule has 5 rings (SSSR count). The molecule has 170 valence electrons. The average Bonchev–Trinajstić information content (AvgIpc) is 3.44. The highest BCUT2D eigenvalue weighted by molar-refractivity contribution is 6.31. The van der Waals surface area contributed by atoms with Crippen LogP contribution in [0.3, 0.4) is 0 Å². The maximum absolute atomic E-state index is 13.3. The van der Waals surface area contributed by atoms with Crippen LogP contribution < -0.4 is 4.90 Å². The van der Waals surface area contributed by atoms with Gasteiger partial charge in [0.15, 0.2) is 11.5 Å². The average molecular weight is 465 g/mol. The van der Waals surface area contributed by atoms with Crippen LogP contribution in [-0.4, -0.2) is 66.2 Å². The Balaban J connectivity index is 1.36. The Bertz CT molecular complexity index is 1320. The minimum absolute atomic E-state index is 0.0149. The number of hydrogen-bond acceptors (Lipinski definition) is 6. The lowest BCUT2D eigenvalue weighted by Gasteiger charge is -2.41. The largest absolute Gasteiger partial charge is 0.368 e. The molecule has 3 aromatic heterocycles. The smallest absolute Gasteiger partial charge is 0.244 e. The van der Waals surface area contributed by atoms with Crippen molar-refractivity contribution in [3.63, 3.8) is 0 Å². The molecule has 1 N–H and O–H groups in total. The molecule has 33 heavy (non-hydrogen) atoms. The van der Waals surface area contributed by atoms with Gasteiger partial charge in [-0.05, 0) is 44.5 Å². The Labute approximate surface area is 196 Å². The van der Waals surface area contributed by atoms with Crippen molar-refractivity contribution >= 4 is 34.2 Å². The van der Waals surface area contributed by atoms with Crippen LogP contribution in [-0.2, 0) is 11.3 Å². The predicted octanol–water partition coefficient (Wildman–Crippen LogP) is 3.22. The van der Waals surface area contributed by atoms with E-state index in [0.29, 0.717) is 23.7 Å². The molecular weight excluding hydrogens is 440 g/mol. The van der Waals surface area contributed by atoms with E-state index >= 15 is 0 Å². The number of rotatable bonds is 4. The van der Waals surface area contributed by atoms with E-state index in [-0.39, 0.29) is 18.5 Å². The normalized spacial score (nSPS) is 16.5. The second-order valence-corrected chi connectivity index (χ2v) is 8.82. The van der Waals surface area contributed by atoms with Gasteiger partial charge in [0.05, 0.1) is 11.1 Å². The summed E-state index contributed by atoms with van der Waals surface area (Å²) in [7, 11) is 0. The molecule has 0 spiro atoms. The number of piperazine rings is 1. The van der Waals surface area contributed by atoms with Crippen molar-refractivity contribution in [3.8, 4) is 11.5 Å². The molecule has 9 nitrogen and oxygen atoms in total. The van der Waals surface area contributed by atoms with Crippen molar-refractivity contribution in [1.82, 2.24) is 34.6 Å². The van der Waals surface area contributed by atoms with Gasteiger partial charge in [-0.3, -0.25) is 4.79 Å². The Morgan fingerprint density at radius 3 is 2.79 bits per heavy atom. The molecule has 1 atom stereocenters. The number of benzene rings is 1. The van der Waals surface area contributed by atoms with Gasteiger partial charge in [0.1, 0.15) is 18.6 Å². The van der Waals surface area contributed by atoms with E-state index in [1.807, 2.05) is 30.9 Å². The van der Waals surface area contributed by atoms with Gasteiger partial charge in [-0.1, -0.05) is 11.6 Å². The standard InChI is InChI=1S/C23H25ClN8O/c1-14-10-17(4-5-18(14)24)30-8-9-31(15(2)11-30)19(33)12-32-23-20(16(3)27-13-28-23)21(29-32)22-25-6-7-26-22/h4-7,10,13,15H,8-9,11-12H2,1-3H3,(H,25,26)/t15-/m0/s1. The topological polar surface area (TPSA) is 95.8 Å². The highest BCUT2D eigenvalue weighted by Crippen LogP contribution is 2.27. The summed E-state index contributed by atoms with van der Waals surface area (Å²) < 4.78 is 1.66. The van der Waals surface area contributed by atoms with E-state index in [1.54, 1.807) is 17.1 Å². The lowest BCUT2D eigenvalue weighted by molar-refractivity contribution is -0.134. The van der Waals surface area contributed by atoms with Crippen LogP contribution in [0.2, 0.25) is 5.02 Å². The van der Waals surface area contributed by atoms with Crippen molar-refractivity contribution in [2.75, 3.05) is 24.5 Å². The predicted molar refractivity (Wildman–Crippen MR) is 127 cm³/mol. The maximum atomic E-state index is 13.3. The number of aromatic nitrogens is 6. The third-order valence-corrected chi connectivity index (χ3v) is 6.60. The molecule has 0 bridgehead atoms. The van der Waals surface area contributed by atoms with E-state index in [4.69, 9.17) is 11.6 Å². The Kier molecular flexibility index (Phi) is 5.49. The van der Waals surface area contributed by atoms with Crippen LogP contribution in [0.15, 0.2) is 36.9 Å². The number of aryl methyl sites for hydroxylation is 2. The second-order valence-electron chi connectivity index (χ2n) is 8.42. The monoisotopic (exact) mass is 464 g/mol. The number of carbonyl (C=O) groups is 1. The van der Waals surface area contributed by atoms with Crippen molar-refractivity contribution in [2.45, 2.75) is 33.4 Å². The molecule has 0 unspecified atom stereocenters. The molecule has 1 fully saturated rings. The van der Waals surface area contributed by atoms with Crippen molar-refractivity contribution in [1.29, 1.82) is 0 Å². The zero-order valence-corrected chi connectivity index (χ0v) is 19.5. The van der Waals surface area contributed by atoms with Gasteiger partial charge >= 0.3 is 0 Å². The van der Waals surface area contributed by atoms with E-state index in [2.05, 4.69) is 42.9 Å². The molecule has 0 saturated carbocycles. The second kappa shape index (κ2) is 8.47. The van der Waals surface area contributed by atoms with Crippen LogP contribution in [0.1, 0.15) is 18.2 Å². The fourth-order valence-corrected chi connectivity index (χ4v) is 4.55. The number of amides is 1. The van der Waals surface area contributed by atoms with Gasteiger partial charge in [-0.2, -0.15) is 5.10 Å². The van der Waals surface area contributed by atoms with E-state index in [9.17, 15) is 4.79 Å². The first kappa shape index (κ1) is 21.4. The summed E-state index contributed by atoms with van der Waals surface area (Å²) in [5.41, 5.74) is 4.26. The summed E-state index contributed by atoms with van der Waals surface area (Å²) in [4.78, 5) is 33.7. The third-order valence-electron chi connectivity index (χ3n) is 6.18. The Hall–Kier alpha value is -3.46. The van der Waals surface area contributed by atoms with Gasteiger partial charge in [0.25, 0.3) is 0 Å². The lowest BCUT2D eigenvalue weighted by Crippen LogP contribution is -2.54. The lowest BCUT2D eigenvalue weighted by atomic mass is 10.1. The quantitative estimate of drug-likeness (QED) is 0.498. The summed E-state index contributed by atoms with van der Waals surface area (Å²) >= 11 is 6.18. The summed E-state index contributed by atoms with van der Waals surface area (Å²) in [5.74, 6) is 0.644. The number of nitrogens with one attached hydrogen (secondary N) is 1. The summed E-state index contributed by atoms with van der Waals surface area (Å²) in [5, 5.41) is 6.25. The molecule has 4 heterocycles. The number of hydrogen-bond donors (Lipinski definition) is 1. The van der Waals surface area contributed by atoms with Gasteiger partial charge in [0.2, 0.25) is 5.91 Å². The van der Waals surface area contributed by atoms with Gasteiger partial charge in [0, 0.05) is 48.8 Å². The fraction of sp³-hybridized carbons (Fsp3) is 0.348. The van der Waals surface area contributed by atoms with Crippen molar-refractivity contribution in [2.24, 2.45) is 0 Å². The Morgan fingerprint density at radius 1 is 1.21 bits per heavy atom. The molecule has 10 heteroatoms. The molecule has 1 aliphatic rings. The van der Waals surface area contributed by atoms with Crippen molar-refractivity contribution < 1.29 is 4.79 Å². The highest BCUT2D eigenvalue weighted by atomic mass is 35.5. The molecule has 1 aliphatic heterocycles. The summed E-state index contributed by atoms with van der Waals surface area (Å²) in [6.45, 7) is 8.25. The minimum Gasteiger partial charge on any atom is -0.368 e. The molecule has 1 saturated heterocycles. The number of H-pyrrole nitrogens is 1. The maximum Gasteiger partial charge on any atom is 0.244 e. The molecule has 1 amide bonds. The van der Waals surface area contributed by atoms with E-state index < -0.39 is 0 Å². The molecule has 1 aromatic carbocycles. The summed E-state index contributed by atoms with van der Waals surface area (Å²) in [6.07, 6.45) is 4.92.